The summed E-state index contributed by atoms with van der Waals surface area (Å²) < 4.78 is 9.84. The van der Waals surface area contributed by atoms with E-state index in [2.05, 4.69) is 15.4 Å². The summed E-state index contributed by atoms with van der Waals surface area (Å²) in [7, 11) is 1.16. The molecular formula is C25H36N4O7. The number of amides is 3. The number of ether oxygens (including phenoxy) is 2. The first kappa shape index (κ1) is 30.2. The predicted molar refractivity (Wildman–Crippen MR) is 131 cm³/mol. The van der Waals surface area contributed by atoms with Gasteiger partial charge in [0.15, 0.2) is 0 Å². The fourth-order valence-corrected chi connectivity index (χ4v) is 3.40. The van der Waals surface area contributed by atoms with Crippen LogP contribution in [0.3, 0.4) is 0 Å². The van der Waals surface area contributed by atoms with Gasteiger partial charge in [0.2, 0.25) is 11.8 Å². The van der Waals surface area contributed by atoms with Crippen LogP contribution in [-0.2, 0) is 23.9 Å². The fourth-order valence-electron chi connectivity index (χ4n) is 3.40. The molecule has 11 heteroatoms. The zero-order valence-corrected chi connectivity index (χ0v) is 21.9. The molecule has 0 aliphatic rings. The maximum Gasteiger partial charge on any atom is 0.408 e. The third-order valence-electron chi connectivity index (χ3n) is 4.98. The van der Waals surface area contributed by atoms with Gasteiger partial charge in [-0.25, -0.2) is 4.79 Å². The molecule has 198 valence electrons. The highest BCUT2D eigenvalue weighted by atomic mass is 16.6. The Morgan fingerprint density at radius 1 is 1.19 bits per heavy atom. The van der Waals surface area contributed by atoms with Crippen LogP contribution in [-0.4, -0.2) is 65.7 Å². The van der Waals surface area contributed by atoms with Crippen molar-refractivity contribution in [1.29, 1.82) is 5.26 Å². The van der Waals surface area contributed by atoms with E-state index in [4.69, 9.17) is 4.74 Å². The van der Waals surface area contributed by atoms with E-state index in [1.165, 1.54) is 6.07 Å². The molecule has 0 heterocycles. The van der Waals surface area contributed by atoms with Gasteiger partial charge < -0.3 is 30.1 Å². The second-order valence-corrected chi connectivity index (χ2v) is 9.66. The van der Waals surface area contributed by atoms with Crippen LogP contribution in [0.15, 0.2) is 18.2 Å². The number of benzene rings is 1. The number of aromatic hydroxyl groups is 1. The second-order valence-electron chi connectivity index (χ2n) is 9.66. The number of phenols is 1. The molecule has 1 rings (SSSR count). The van der Waals surface area contributed by atoms with Gasteiger partial charge in [0, 0.05) is 5.56 Å². The highest BCUT2D eigenvalue weighted by molar-refractivity contribution is 5.93. The van der Waals surface area contributed by atoms with E-state index >= 15 is 0 Å². The Balaban J connectivity index is 3.52. The van der Waals surface area contributed by atoms with Crippen molar-refractivity contribution in [3.8, 4) is 11.8 Å². The van der Waals surface area contributed by atoms with Crippen molar-refractivity contribution in [2.45, 2.75) is 65.6 Å². The number of nitrogens with zero attached hydrogens (tertiary/aromatic N) is 2. The van der Waals surface area contributed by atoms with E-state index in [0.29, 0.717) is 5.56 Å². The second kappa shape index (κ2) is 13.3. The van der Waals surface area contributed by atoms with Crippen molar-refractivity contribution < 1.29 is 33.8 Å². The van der Waals surface area contributed by atoms with E-state index in [-0.39, 0.29) is 23.7 Å². The first-order valence-electron chi connectivity index (χ1n) is 11.5. The molecule has 0 saturated heterocycles. The molecule has 0 spiro atoms. The summed E-state index contributed by atoms with van der Waals surface area (Å²) in [6, 6.07) is 3.92. The number of nitriles is 1. The van der Waals surface area contributed by atoms with Crippen molar-refractivity contribution in [3.63, 3.8) is 0 Å². The number of hydrogen-bond donors (Lipinski definition) is 3. The number of phenolic OH excluding ortho intramolecular Hbond substituents is 1. The quantitative estimate of drug-likeness (QED) is 0.323. The molecule has 2 unspecified atom stereocenters. The average molecular weight is 505 g/mol. The number of hydrogen-bond acceptors (Lipinski definition) is 8. The highest BCUT2D eigenvalue weighted by Crippen LogP contribution is 2.32. The van der Waals surface area contributed by atoms with Crippen LogP contribution in [0.1, 0.15) is 58.2 Å². The zero-order chi connectivity index (χ0) is 27.6. The van der Waals surface area contributed by atoms with E-state index in [1.54, 1.807) is 39.8 Å². The average Bonchev–Trinajstić information content (AvgIpc) is 2.77. The molecule has 3 N–H and O–H groups in total. The predicted octanol–water partition coefficient (Wildman–Crippen LogP) is 2.32. The summed E-state index contributed by atoms with van der Waals surface area (Å²) in [5.41, 5.74) is -0.319. The molecule has 1 aromatic carbocycles. The molecule has 36 heavy (non-hydrogen) atoms. The number of esters is 1. The van der Waals surface area contributed by atoms with Crippen LogP contribution < -0.4 is 10.6 Å². The first-order valence-corrected chi connectivity index (χ1v) is 11.5. The molecule has 2 atom stereocenters. The van der Waals surface area contributed by atoms with Crippen LogP contribution in [0, 0.1) is 24.2 Å². The number of nitrogens with one attached hydrogen (secondary N) is 2. The van der Waals surface area contributed by atoms with Gasteiger partial charge >= 0.3 is 12.1 Å². The molecule has 0 fully saturated rings. The van der Waals surface area contributed by atoms with Crippen molar-refractivity contribution in [2.75, 3.05) is 20.2 Å². The van der Waals surface area contributed by atoms with Gasteiger partial charge in [-0.1, -0.05) is 32.0 Å². The van der Waals surface area contributed by atoms with Gasteiger partial charge in [-0.15, -0.1) is 0 Å². The SMILES string of the molecule is COC(=O)CNC(=O)C(c1cccc(C)c1O)N(CC#N)C(=O)C(CC(C)C)NC(=O)OC(C)(C)C. The van der Waals surface area contributed by atoms with Crippen molar-refractivity contribution >= 4 is 23.9 Å². The van der Waals surface area contributed by atoms with Gasteiger partial charge in [-0.2, -0.15) is 5.26 Å². The summed E-state index contributed by atoms with van der Waals surface area (Å²) >= 11 is 0. The number of carbonyl (C=O) groups is 4. The lowest BCUT2D eigenvalue weighted by Crippen LogP contribution is -2.53. The minimum absolute atomic E-state index is 0.0446. The summed E-state index contributed by atoms with van der Waals surface area (Å²) in [5.74, 6) is -2.55. The molecule has 1 aromatic rings. The van der Waals surface area contributed by atoms with E-state index in [0.717, 1.165) is 12.0 Å². The molecule has 0 saturated carbocycles. The Labute approximate surface area is 211 Å². The van der Waals surface area contributed by atoms with Gasteiger partial charge in [-0.05, 0) is 45.6 Å². The standard InChI is InChI=1S/C25H36N4O7/c1-15(2)13-18(28-24(34)36-25(4,5)6)23(33)29(12-11-26)20(22(32)27-14-19(30)35-7)17-10-8-9-16(3)21(17)31/h8-10,15,18,20,31H,12-14H2,1-7H3,(H,27,32)(H,28,34). The number of carbonyl (C=O) groups excluding carboxylic acids is 4. The Bertz CT molecular complexity index is 995. The van der Waals surface area contributed by atoms with Crippen molar-refractivity contribution in [1.82, 2.24) is 15.5 Å². The van der Waals surface area contributed by atoms with Crippen LogP contribution >= 0.6 is 0 Å². The maximum atomic E-state index is 13.7. The Morgan fingerprint density at radius 3 is 2.36 bits per heavy atom. The monoisotopic (exact) mass is 504 g/mol. The lowest BCUT2D eigenvalue weighted by Gasteiger charge is -2.33. The molecule has 0 radical (unpaired) electrons. The molecule has 0 aliphatic carbocycles. The normalized spacial score (nSPS) is 12.6. The number of para-hydroxylation sites is 1. The van der Waals surface area contributed by atoms with E-state index in [9.17, 15) is 29.5 Å². The fraction of sp³-hybridized carbons (Fsp3) is 0.560. The molecule has 11 nitrogen and oxygen atoms in total. The number of alkyl carbamates (subject to hydrolysis) is 1. The van der Waals surface area contributed by atoms with Crippen LogP contribution in [0.4, 0.5) is 4.79 Å². The van der Waals surface area contributed by atoms with Crippen LogP contribution in [0.5, 0.6) is 5.75 Å². The summed E-state index contributed by atoms with van der Waals surface area (Å²) in [6.45, 7) is 9.31. The lowest BCUT2D eigenvalue weighted by molar-refractivity contribution is -0.144. The molecule has 0 bridgehead atoms. The maximum absolute atomic E-state index is 13.7. The lowest BCUT2D eigenvalue weighted by atomic mass is 9.97. The third-order valence-corrected chi connectivity index (χ3v) is 4.98. The molecular weight excluding hydrogens is 468 g/mol. The van der Waals surface area contributed by atoms with Crippen molar-refractivity contribution in [2.24, 2.45) is 5.92 Å². The summed E-state index contributed by atoms with van der Waals surface area (Å²) in [4.78, 5) is 52.0. The largest absolute Gasteiger partial charge is 0.507 e. The number of aryl methyl sites for hydroxylation is 1. The molecule has 0 aliphatic heterocycles. The van der Waals surface area contributed by atoms with E-state index in [1.807, 2.05) is 19.9 Å². The van der Waals surface area contributed by atoms with Crippen molar-refractivity contribution in [3.05, 3.63) is 29.3 Å². The topological polar surface area (TPSA) is 158 Å². The van der Waals surface area contributed by atoms with E-state index < -0.39 is 54.7 Å². The third kappa shape index (κ3) is 9.09. The minimum Gasteiger partial charge on any atom is -0.507 e. The first-order chi connectivity index (χ1) is 16.7. The zero-order valence-electron chi connectivity index (χ0n) is 21.9. The number of rotatable bonds is 10. The van der Waals surface area contributed by atoms with Gasteiger partial charge in [0.05, 0.1) is 13.2 Å². The number of methoxy groups -OCH3 is 1. The van der Waals surface area contributed by atoms with Gasteiger partial charge in [0.1, 0.15) is 36.5 Å². The smallest absolute Gasteiger partial charge is 0.408 e. The van der Waals surface area contributed by atoms with Gasteiger partial charge in [0.25, 0.3) is 0 Å². The minimum atomic E-state index is -1.48. The summed E-state index contributed by atoms with van der Waals surface area (Å²) in [5, 5.41) is 25.2. The molecule has 3 amide bonds. The Kier molecular flexibility index (Phi) is 11.2. The Morgan fingerprint density at radius 2 is 1.83 bits per heavy atom. The van der Waals surface area contributed by atoms with Gasteiger partial charge in [-0.3, -0.25) is 14.4 Å². The highest BCUT2D eigenvalue weighted by Gasteiger charge is 2.38. The van der Waals surface area contributed by atoms with Crippen LogP contribution in [0.2, 0.25) is 0 Å². The summed E-state index contributed by atoms with van der Waals surface area (Å²) in [6.07, 6.45) is -0.639. The van der Waals surface area contributed by atoms with Crippen LogP contribution in [0.25, 0.3) is 0 Å². The Hall–Kier alpha value is -3.81. The molecule has 0 aromatic heterocycles.